The number of carbonyl (C=O) groups is 1. The summed E-state index contributed by atoms with van der Waals surface area (Å²) in [7, 11) is 1.53. The molecule has 0 unspecified atom stereocenters. The molecule has 9 nitrogen and oxygen atoms in total. The lowest BCUT2D eigenvalue weighted by Gasteiger charge is -2.30. The molecule has 2 aromatic rings. The Kier molecular flexibility index (Phi) is 4.85. The molecule has 0 atom stereocenters. The number of anilines is 2. The molecule has 0 spiro atoms. The zero-order valence-electron chi connectivity index (χ0n) is 13.6. The van der Waals surface area contributed by atoms with Crippen molar-refractivity contribution in [3.8, 4) is 5.75 Å². The number of morpholine rings is 1. The summed E-state index contributed by atoms with van der Waals surface area (Å²) in [5.74, 6) is -0.611. The van der Waals surface area contributed by atoms with E-state index in [2.05, 4.69) is 10.2 Å². The van der Waals surface area contributed by atoms with E-state index >= 15 is 0 Å². The predicted octanol–water partition coefficient (Wildman–Crippen LogP) is 2.29. The van der Waals surface area contributed by atoms with Gasteiger partial charge in [-0.3, -0.25) is 14.9 Å². The van der Waals surface area contributed by atoms with Gasteiger partial charge in [-0.05, 0) is 18.2 Å². The highest BCUT2D eigenvalue weighted by atomic mass is 16.6. The first-order chi connectivity index (χ1) is 12.1. The normalized spacial score (nSPS) is 14.2. The van der Waals surface area contributed by atoms with E-state index in [4.69, 9.17) is 13.9 Å². The first-order valence-corrected chi connectivity index (χ1v) is 7.65. The summed E-state index contributed by atoms with van der Waals surface area (Å²) in [4.78, 5) is 24.5. The van der Waals surface area contributed by atoms with Crippen LogP contribution in [0.25, 0.3) is 0 Å². The second-order valence-corrected chi connectivity index (χ2v) is 5.33. The molecule has 2 heterocycles. The number of hydrogen-bond donors (Lipinski definition) is 1. The van der Waals surface area contributed by atoms with Gasteiger partial charge in [-0.1, -0.05) is 0 Å². The molecule has 0 bridgehead atoms. The highest BCUT2D eigenvalue weighted by molar-refractivity contribution is 6.04. The van der Waals surface area contributed by atoms with Crippen LogP contribution in [0.4, 0.5) is 17.3 Å². The molecule has 1 saturated heterocycles. The van der Waals surface area contributed by atoms with Crippen molar-refractivity contribution < 1.29 is 23.6 Å². The molecular weight excluding hydrogens is 330 g/mol. The SMILES string of the molecule is COc1ccc(N2CCOCC2)c(NC(=O)c2ccc([N+](=O)[O-])o2)c1. The quantitative estimate of drug-likeness (QED) is 0.653. The van der Waals surface area contributed by atoms with Crippen LogP contribution < -0.4 is 15.0 Å². The second kappa shape index (κ2) is 7.22. The van der Waals surface area contributed by atoms with Gasteiger partial charge in [0.05, 0.1) is 37.8 Å². The van der Waals surface area contributed by atoms with Gasteiger partial charge < -0.3 is 24.1 Å². The number of nitrogens with zero attached hydrogens (tertiary/aromatic N) is 2. The molecule has 1 fully saturated rings. The number of furan rings is 1. The highest BCUT2D eigenvalue weighted by Gasteiger charge is 2.21. The van der Waals surface area contributed by atoms with Crippen molar-refractivity contribution in [1.82, 2.24) is 0 Å². The van der Waals surface area contributed by atoms with Crippen LogP contribution in [0.15, 0.2) is 34.7 Å². The number of methoxy groups -OCH3 is 1. The molecule has 1 aliphatic heterocycles. The zero-order chi connectivity index (χ0) is 17.8. The minimum atomic E-state index is -0.693. The Bertz CT molecular complexity index is 782. The fraction of sp³-hybridized carbons (Fsp3) is 0.312. The molecule has 132 valence electrons. The zero-order valence-corrected chi connectivity index (χ0v) is 13.6. The third-order valence-corrected chi connectivity index (χ3v) is 3.80. The predicted molar refractivity (Wildman–Crippen MR) is 89.3 cm³/mol. The molecule has 1 N–H and O–H groups in total. The molecule has 1 aromatic heterocycles. The maximum absolute atomic E-state index is 12.4. The lowest BCUT2D eigenvalue weighted by Crippen LogP contribution is -2.36. The molecule has 25 heavy (non-hydrogen) atoms. The molecule has 3 rings (SSSR count). The first-order valence-electron chi connectivity index (χ1n) is 7.65. The second-order valence-electron chi connectivity index (χ2n) is 5.33. The van der Waals surface area contributed by atoms with E-state index in [1.54, 1.807) is 12.1 Å². The van der Waals surface area contributed by atoms with Gasteiger partial charge in [-0.2, -0.15) is 0 Å². The van der Waals surface area contributed by atoms with Gasteiger partial charge >= 0.3 is 5.88 Å². The molecule has 0 aliphatic carbocycles. The monoisotopic (exact) mass is 347 g/mol. The molecule has 0 saturated carbocycles. The van der Waals surface area contributed by atoms with Crippen molar-refractivity contribution in [3.63, 3.8) is 0 Å². The summed E-state index contributed by atoms with van der Waals surface area (Å²) in [6, 6.07) is 7.76. The Hall–Kier alpha value is -3.07. The van der Waals surface area contributed by atoms with Crippen molar-refractivity contribution in [2.75, 3.05) is 43.6 Å². The lowest BCUT2D eigenvalue weighted by atomic mass is 10.2. The standard InChI is InChI=1S/C16H17N3O6/c1-23-11-2-3-13(18-6-8-24-9-7-18)12(10-11)17-16(20)14-4-5-15(25-14)19(21)22/h2-5,10H,6-9H2,1H3,(H,17,20). The summed E-state index contributed by atoms with van der Waals surface area (Å²) in [5.41, 5.74) is 1.35. The van der Waals surface area contributed by atoms with Crippen LogP contribution in [-0.2, 0) is 4.74 Å². The minimum absolute atomic E-state index is 0.137. The van der Waals surface area contributed by atoms with Crippen molar-refractivity contribution >= 4 is 23.2 Å². The topological polar surface area (TPSA) is 107 Å². The Morgan fingerprint density at radius 1 is 1.28 bits per heavy atom. The molecule has 1 aromatic carbocycles. The van der Waals surface area contributed by atoms with E-state index < -0.39 is 16.7 Å². The maximum atomic E-state index is 12.4. The van der Waals surface area contributed by atoms with Gasteiger partial charge in [0.15, 0.2) is 5.76 Å². The van der Waals surface area contributed by atoms with E-state index in [9.17, 15) is 14.9 Å². The van der Waals surface area contributed by atoms with Gasteiger partial charge in [0.2, 0.25) is 0 Å². The van der Waals surface area contributed by atoms with E-state index in [0.717, 1.165) is 11.8 Å². The molecule has 9 heteroatoms. The Morgan fingerprint density at radius 3 is 2.68 bits per heavy atom. The number of rotatable bonds is 5. The van der Waals surface area contributed by atoms with Crippen LogP contribution in [0.1, 0.15) is 10.6 Å². The third kappa shape index (κ3) is 3.72. The Balaban J connectivity index is 1.85. The number of benzene rings is 1. The van der Waals surface area contributed by atoms with E-state index in [-0.39, 0.29) is 5.76 Å². The van der Waals surface area contributed by atoms with Gasteiger partial charge in [0.1, 0.15) is 10.7 Å². The minimum Gasteiger partial charge on any atom is -0.497 e. The smallest absolute Gasteiger partial charge is 0.433 e. The van der Waals surface area contributed by atoms with Crippen LogP contribution in [0.2, 0.25) is 0 Å². The number of hydrogen-bond acceptors (Lipinski definition) is 7. The summed E-state index contributed by atoms with van der Waals surface area (Å²) in [6.07, 6.45) is 0. The van der Waals surface area contributed by atoms with Crippen molar-refractivity contribution in [3.05, 3.63) is 46.2 Å². The number of carbonyl (C=O) groups excluding carboxylic acids is 1. The van der Waals surface area contributed by atoms with Crippen molar-refractivity contribution in [2.24, 2.45) is 0 Å². The van der Waals surface area contributed by atoms with Crippen LogP contribution >= 0.6 is 0 Å². The lowest BCUT2D eigenvalue weighted by molar-refractivity contribution is -0.402. The fourth-order valence-corrected chi connectivity index (χ4v) is 2.55. The van der Waals surface area contributed by atoms with E-state index in [1.165, 1.54) is 13.2 Å². The number of ether oxygens (including phenoxy) is 2. The van der Waals surface area contributed by atoms with E-state index in [1.807, 2.05) is 6.07 Å². The number of nitro groups is 1. The maximum Gasteiger partial charge on any atom is 0.433 e. The van der Waals surface area contributed by atoms with Gasteiger partial charge in [-0.25, -0.2) is 0 Å². The van der Waals surface area contributed by atoms with E-state index in [0.29, 0.717) is 37.7 Å². The average molecular weight is 347 g/mol. The van der Waals surface area contributed by atoms with Crippen molar-refractivity contribution in [1.29, 1.82) is 0 Å². The first kappa shape index (κ1) is 16.8. The van der Waals surface area contributed by atoms with Gasteiger partial charge in [-0.15, -0.1) is 0 Å². The van der Waals surface area contributed by atoms with Gasteiger partial charge in [0, 0.05) is 19.2 Å². The fourth-order valence-electron chi connectivity index (χ4n) is 2.55. The molecule has 0 radical (unpaired) electrons. The molecule has 1 amide bonds. The van der Waals surface area contributed by atoms with Gasteiger partial charge in [0.25, 0.3) is 5.91 Å². The largest absolute Gasteiger partial charge is 0.497 e. The highest BCUT2D eigenvalue weighted by Crippen LogP contribution is 2.31. The molecule has 1 aliphatic rings. The van der Waals surface area contributed by atoms with Crippen LogP contribution in [0, 0.1) is 10.1 Å². The summed E-state index contributed by atoms with van der Waals surface area (Å²) >= 11 is 0. The Labute approximate surface area is 143 Å². The average Bonchev–Trinajstić information content (AvgIpc) is 3.13. The van der Waals surface area contributed by atoms with Crippen molar-refractivity contribution in [2.45, 2.75) is 0 Å². The molecular formula is C16H17N3O6. The summed E-state index contributed by atoms with van der Waals surface area (Å²) in [5, 5.41) is 13.4. The summed E-state index contributed by atoms with van der Waals surface area (Å²) < 4.78 is 15.5. The van der Waals surface area contributed by atoms with Crippen LogP contribution in [0.5, 0.6) is 5.75 Å². The number of nitrogens with one attached hydrogen (secondary N) is 1. The third-order valence-electron chi connectivity index (χ3n) is 3.80. The van der Waals surface area contributed by atoms with Crippen LogP contribution in [0.3, 0.4) is 0 Å². The van der Waals surface area contributed by atoms with Crippen LogP contribution in [-0.4, -0.2) is 44.2 Å². The number of amides is 1. The summed E-state index contributed by atoms with van der Waals surface area (Å²) in [6.45, 7) is 2.59. The Morgan fingerprint density at radius 2 is 2.04 bits per heavy atom.